The molecule has 2 atom stereocenters. The van der Waals surface area contributed by atoms with Crippen LogP contribution in [-0.4, -0.2) is 51.6 Å². The van der Waals surface area contributed by atoms with Crippen LogP contribution in [0, 0.1) is 13.8 Å². The molecule has 0 spiro atoms. The number of hydrogen-bond acceptors (Lipinski definition) is 5. The molecule has 0 aliphatic rings. The van der Waals surface area contributed by atoms with Crippen molar-refractivity contribution in [3.8, 4) is 5.75 Å². The Morgan fingerprint density at radius 1 is 0.927 bits per heavy atom. The highest BCUT2D eigenvalue weighted by Gasteiger charge is 2.37. The van der Waals surface area contributed by atoms with Crippen molar-refractivity contribution in [2.24, 2.45) is 0 Å². The van der Waals surface area contributed by atoms with Gasteiger partial charge >= 0.3 is 6.09 Å². The highest BCUT2D eigenvalue weighted by atomic mass is 16.6. The van der Waals surface area contributed by atoms with Gasteiger partial charge < -0.3 is 25.4 Å². The van der Waals surface area contributed by atoms with Crippen LogP contribution in [0.25, 0.3) is 0 Å². The van der Waals surface area contributed by atoms with Crippen molar-refractivity contribution < 1.29 is 24.2 Å². The third-order valence-corrected chi connectivity index (χ3v) is 6.27. The molecule has 0 radical (unpaired) electrons. The number of aromatic hydroxyl groups is 1. The van der Waals surface area contributed by atoms with E-state index in [1.165, 1.54) is 0 Å². The average Bonchev–Trinajstić information content (AvgIpc) is 2.81. The number of amides is 3. The van der Waals surface area contributed by atoms with Crippen LogP contribution in [0.15, 0.2) is 42.5 Å². The number of rotatable bonds is 11. The molecule has 8 nitrogen and oxygen atoms in total. The van der Waals surface area contributed by atoms with E-state index in [-0.39, 0.29) is 24.0 Å². The van der Waals surface area contributed by atoms with E-state index in [1.54, 1.807) is 49.9 Å². The van der Waals surface area contributed by atoms with Crippen LogP contribution in [0.1, 0.15) is 96.0 Å². The second kappa shape index (κ2) is 14.4. The number of alkyl carbamates (subject to hydrolysis) is 1. The van der Waals surface area contributed by atoms with Crippen LogP contribution in [-0.2, 0) is 20.7 Å². The van der Waals surface area contributed by atoms with Crippen LogP contribution in [0.5, 0.6) is 5.75 Å². The molecule has 41 heavy (non-hydrogen) atoms. The first-order valence-corrected chi connectivity index (χ1v) is 14.5. The van der Waals surface area contributed by atoms with E-state index in [0.717, 1.165) is 35.1 Å². The van der Waals surface area contributed by atoms with Crippen molar-refractivity contribution in [1.29, 1.82) is 0 Å². The molecule has 0 bridgehead atoms. The van der Waals surface area contributed by atoms with Gasteiger partial charge in [0, 0.05) is 18.5 Å². The second-order valence-corrected chi connectivity index (χ2v) is 12.9. The van der Waals surface area contributed by atoms with Crippen molar-refractivity contribution >= 4 is 17.9 Å². The zero-order chi connectivity index (χ0) is 31.0. The fourth-order valence-corrected chi connectivity index (χ4v) is 4.70. The van der Waals surface area contributed by atoms with Crippen molar-refractivity contribution in [3.05, 3.63) is 64.7 Å². The van der Waals surface area contributed by atoms with Crippen LogP contribution < -0.4 is 10.6 Å². The molecule has 2 aromatic carbocycles. The van der Waals surface area contributed by atoms with Crippen molar-refractivity contribution in [1.82, 2.24) is 15.5 Å². The second-order valence-electron chi connectivity index (χ2n) is 12.9. The summed E-state index contributed by atoms with van der Waals surface area (Å²) in [5.74, 6) is -0.562. The monoisotopic (exact) mass is 567 g/mol. The van der Waals surface area contributed by atoms with Crippen molar-refractivity contribution in [2.45, 2.75) is 111 Å². The van der Waals surface area contributed by atoms with E-state index in [9.17, 15) is 19.5 Å². The van der Waals surface area contributed by atoms with Gasteiger partial charge in [-0.15, -0.1) is 0 Å². The molecule has 2 aromatic rings. The standard InChI is InChI=1S/C33H49N3O5/c1-10-11-12-17-36(28(29(38)35-32(4,5)6)25-19-22(2)18-23(3)20-25)30(39)27(34-31(40)41-33(7,8)9)21-24-13-15-26(37)16-14-24/h13-16,18-20,27-28,37H,10-12,17,21H2,1-9H3,(H,34,40)(H,35,38). The molecule has 8 heteroatoms. The van der Waals surface area contributed by atoms with Gasteiger partial charge in [-0.25, -0.2) is 4.79 Å². The van der Waals surface area contributed by atoms with Gasteiger partial charge in [0.15, 0.2) is 0 Å². The van der Waals surface area contributed by atoms with E-state index in [1.807, 2.05) is 52.8 Å². The van der Waals surface area contributed by atoms with E-state index >= 15 is 0 Å². The molecule has 0 saturated carbocycles. The van der Waals surface area contributed by atoms with E-state index in [4.69, 9.17) is 4.74 Å². The van der Waals surface area contributed by atoms with E-state index < -0.39 is 29.3 Å². The number of aryl methyl sites for hydroxylation is 2. The molecule has 3 amide bonds. The minimum absolute atomic E-state index is 0.103. The fourth-order valence-electron chi connectivity index (χ4n) is 4.70. The molecule has 0 saturated heterocycles. The molecule has 2 unspecified atom stereocenters. The lowest BCUT2D eigenvalue weighted by Gasteiger charge is -2.36. The largest absolute Gasteiger partial charge is 0.508 e. The van der Waals surface area contributed by atoms with Gasteiger partial charge in [0.05, 0.1) is 0 Å². The molecule has 2 rings (SSSR count). The number of phenolic OH excluding ortho intramolecular Hbond substituents is 1. The number of benzene rings is 2. The zero-order valence-corrected chi connectivity index (χ0v) is 26.3. The number of unbranched alkanes of at least 4 members (excludes halogenated alkanes) is 2. The van der Waals surface area contributed by atoms with Gasteiger partial charge in [0.25, 0.3) is 0 Å². The first kappa shape index (κ1) is 33.7. The highest BCUT2D eigenvalue weighted by molar-refractivity contribution is 5.92. The van der Waals surface area contributed by atoms with Crippen molar-refractivity contribution in [3.63, 3.8) is 0 Å². The smallest absolute Gasteiger partial charge is 0.408 e. The topological polar surface area (TPSA) is 108 Å². The first-order chi connectivity index (χ1) is 19.0. The Morgan fingerprint density at radius 3 is 2.02 bits per heavy atom. The zero-order valence-electron chi connectivity index (χ0n) is 26.3. The Balaban J connectivity index is 2.63. The fraction of sp³-hybridized carbons (Fsp3) is 0.545. The number of nitrogens with one attached hydrogen (secondary N) is 2. The van der Waals surface area contributed by atoms with Gasteiger partial charge in [0.2, 0.25) is 11.8 Å². The lowest BCUT2D eigenvalue weighted by molar-refractivity contribution is -0.143. The Hall–Kier alpha value is -3.55. The van der Waals surface area contributed by atoms with Crippen LogP contribution in [0.4, 0.5) is 4.79 Å². The number of phenols is 1. The summed E-state index contributed by atoms with van der Waals surface area (Å²) >= 11 is 0. The Labute approximate surface area is 245 Å². The number of carbonyl (C=O) groups excluding carboxylic acids is 3. The molecule has 226 valence electrons. The maximum Gasteiger partial charge on any atom is 0.408 e. The minimum atomic E-state index is -1.01. The van der Waals surface area contributed by atoms with Gasteiger partial charge in [-0.3, -0.25) is 9.59 Å². The Kier molecular flexibility index (Phi) is 11.8. The summed E-state index contributed by atoms with van der Waals surface area (Å²) in [6.45, 7) is 17.3. The highest BCUT2D eigenvalue weighted by Crippen LogP contribution is 2.27. The third-order valence-electron chi connectivity index (χ3n) is 6.27. The summed E-state index contributed by atoms with van der Waals surface area (Å²) in [5.41, 5.74) is 2.16. The molecule has 0 aromatic heterocycles. The average molecular weight is 568 g/mol. The Morgan fingerprint density at radius 2 is 1.51 bits per heavy atom. The Bertz CT molecular complexity index is 1160. The summed E-state index contributed by atoms with van der Waals surface area (Å²) in [7, 11) is 0. The molecular weight excluding hydrogens is 518 g/mol. The number of carbonyl (C=O) groups is 3. The lowest BCUT2D eigenvalue weighted by atomic mass is 9.96. The van der Waals surface area contributed by atoms with Crippen molar-refractivity contribution in [2.75, 3.05) is 6.54 Å². The van der Waals surface area contributed by atoms with E-state index in [0.29, 0.717) is 13.0 Å². The summed E-state index contributed by atoms with van der Waals surface area (Å²) in [6.07, 6.45) is 1.96. The van der Waals surface area contributed by atoms with Gasteiger partial charge in [-0.2, -0.15) is 0 Å². The maximum absolute atomic E-state index is 14.5. The molecule has 3 N–H and O–H groups in total. The molecule has 0 aliphatic carbocycles. The summed E-state index contributed by atoms with van der Waals surface area (Å²) in [5, 5.41) is 15.6. The normalized spacial score (nSPS) is 13.2. The van der Waals surface area contributed by atoms with Crippen LogP contribution in [0.3, 0.4) is 0 Å². The maximum atomic E-state index is 14.5. The van der Waals surface area contributed by atoms with Crippen LogP contribution in [0.2, 0.25) is 0 Å². The van der Waals surface area contributed by atoms with Gasteiger partial charge in [-0.05, 0) is 85.1 Å². The summed E-state index contributed by atoms with van der Waals surface area (Å²) in [6, 6.07) is 10.5. The minimum Gasteiger partial charge on any atom is -0.508 e. The first-order valence-electron chi connectivity index (χ1n) is 14.5. The predicted octanol–water partition coefficient (Wildman–Crippen LogP) is 6.12. The van der Waals surface area contributed by atoms with Gasteiger partial charge in [0.1, 0.15) is 23.4 Å². The number of hydrogen-bond donors (Lipinski definition) is 3. The molecular formula is C33H49N3O5. The number of ether oxygens (including phenoxy) is 1. The lowest BCUT2D eigenvalue weighted by Crippen LogP contribution is -2.55. The molecule has 0 heterocycles. The predicted molar refractivity (Wildman–Crippen MR) is 163 cm³/mol. The molecule has 0 fully saturated rings. The number of nitrogens with zero attached hydrogens (tertiary/aromatic N) is 1. The van der Waals surface area contributed by atoms with Gasteiger partial charge in [-0.1, -0.05) is 61.2 Å². The summed E-state index contributed by atoms with van der Waals surface area (Å²) in [4.78, 5) is 43.0. The molecule has 0 aliphatic heterocycles. The SMILES string of the molecule is CCCCCN(C(=O)C(Cc1ccc(O)cc1)NC(=O)OC(C)(C)C)C(C(=O)NC(C)(C)C)c1cc(C)cc(C)c1. The van der Waals surface area contributed by atoms with E-state index in [2.05, 4.69) is 17.6 Å². The summed E-state index contributed by atoms with van der Waals surface area (Å²) < 4.78 is 5.50. The quantitative estimate of drug-likeness (QED) is 0.284. The third kappa shape index (κ3) is 11.5. The van der Waals surface area contributed by atoms with Crippen LogP contribution >= 0.6 is 0 Å².